The molecule has 1 fully saturated rings. The maximum Gasteiger partial charge on any atom is 0.264 e. The first-order valence-corrected chi connectivity index (χ1v) is 16.4. The van der Waals surface area contributed by atoms with Gasteiger partial charge < -0.3 is 15.0 Å². The number of benzene rings is 3. The van der Waals surface area contributed by atoms with Crippen LogP contribution in [0.3, 0.4) is 0 Å². The maximum atomic E-state index is 14.3. The van der Waals surface area contributed by atoms with E-state index in [2.05, 4.69) is 5.32 Å². The van der Waals surface area contributed by atoms with E-state index in [1.807, 2.05) is 26.0 Å². The summed E-state index contributed by atoms with van der Waals surface area (Å²) < 4.78 is 34.6. The van der Waals surface area contributed by atoms with E-state index in [9.17, 15) is 18.0 Å². The molecular weight excluding hydrogens is 586 g/mol. The summed E-state index contributed by atoms with van der Waals surface area (Å²) >= 11 is 6.42. The first-order valence-electron chi connectivity index (χ1n) is 14.6. The van der Waals surface area contributed by atoms with E-state index in [-0.39, 0.29) is 23.4 Å². The number of methoxy groups -OCH3 is 1. The molecule has 8 nitrogen and oxygen atoms in total. The Labute approximate surface area is 260 Å². The molecule has 1 atom stereocenters. The van der Waals surface area contributed by atoms with Crippen molar-refractivity contribution in [3.8, 4) is 5.75 Å². The van der Waals surface area contributed by atoms with Crippen molar-refractivity contribution in [1.82, 2.24) is 10.2 Å². The predicted molar refractivity (Wildman–Crippen MR) is 170 cm³/mol. The molecule has 1 N–H and O–H groups in total. The molecule has 230 valence electrons. The van der Waals surface area contributed by atoms with Crippen LogP contribution in [0.4, 0.5) is 5.69 Å². The normalized spacial score (nSPS) is 14.3. The molecule has 0 aliphatic heterocycles. The van der Waals surface area contributed by atoms with Gasteiger partial charge in [0.25, 0.3) is 10.0 Å². The second-order valence-electron chi connectivity index (χ2n) is 11.0. The summed E-state index contributed by atoms with van der Waals surface area (Å²) in [5, 5.41) is 3.51. The quantitative estimate of drug-likeness (QED) is 0.265. The average Bonchev–Trinajstić information content (AvgIpc) is 3.51. The van der Waals surface area contributed by atoms with Crippen LogP contribution in [0.15, 0.2) is 71.6 Å². The Morgan fingerprint density at radius 1 is 1.00 bits per heavy atom. The Morgan fingerprint density at radius 3 is 2.26 bits per heavy atom. The molecule has 3 aromatic rings. The van der Waals surface area contributed by atoms with Gasteiger partial charge in [0.2, 0.25) is 11.8 Å². The van der Waals surface area contributed by atoms with Gasteiger partial charge in [0, 0.05) is 17.6 Å². The van der Waals surface area contributed by atoms with Crippen LogP contribution in [0.25, 0.3) is 0 Å². The monoisotopic (exact) mass is 625 g/mol. The zero-order valence-electron chi connectivity index (χ0n) is 25.2. The van der Waals surface area contributed by atoms with Gasteiger partial charge in [-0.2, -0.15) is 0 Å². The number of hydrogen-bond acceptors (Lipinski definition) is 5. The van der Waals surface area contributed by atoms with Crippen molar-refractivity contribution in [3.05, 3.63) is 88.4 Å². The number of anilines is 1. The fraction of sp³-hybridized carbons (Fsp3) is 0.394. The molecule has 1 saturated carbocycles. The molecule has 1 aliphatic rings. The number of nitrogens with zero attached hydrogens (tertiary/aromatic N) is 2. The van der Waals surface area contributed by atoms with Gasteiger partial charge >= 0.3 is 0 Å². The Bertz CT molecular complexity index is 1520. The van der Waals surface area contributed by atoms with Crippen molar-refractivity contribution in [2.45, 2.75) is 76.4 Å². The van der Waals surface area contributed by atoms with Crippen LogP contribution in [0.2, 0.25) is 5.02 Å². The van der Waals surface area contributed by atoms with Gasteiger partial charge in [-0.25, -0.2) is 8.42 Å². The van der Waals surface area contributed by atoms with Crippen LogP contribution < -0.4 is 14.4 Å². The Hall–Kier alpha value is -3.56. The zero-order valence-corrected chi connectivity index (χ0v) is 26.7. The lowest BCUT2D eigenvalue weighted by molar-refractivity contribution is -0.140. The highest BCUT2D eigenvalue weighted by Crippen LogP contribution is 2.31. The van der Waals surface area contributed by atoms with Gasteiger partial charge in [-0.05, 0) is 80.6 Å². The standard InChI is InChI=1S/C33H40ClN3O5S/c1-5-30(33(39)35-26-9-6-7-10-26)36(21-25-15-17-27(42-4)18-16-25)32(38)22-37(31-12-8-11-29(34)24(31)3)43(40,41)28-19-13-23(2)14-20-28/h8,11-20,26,30H,5-7,9-10,21-22H2,1-4H3,(H,35,39)/t30-/m1/s1. The fourth-order valence-corrected chi connectivity index (χ4v) is 7.07. The predicted octanol–water partition coefficient (Wildman–Crippen LogP) is 6.03. The summed E-state index contributed by atoms with van der Waals surface area (Å²) in [6.07, 6.45) is 4.29. The second kappa shape index (κ2) is 14.3. The molecule has 0 spiro atoms. The van der Waals surface area contributed by atoms with E-state index in [1.54, 1.807) is 56.5 Å². The molecule has 4 rings (SSSR count). The lowest BCUT2D eigenvalue weighted by atomic mass is 10.1. The molecule has 0 unspecified atom stereocenters. The minimum atomic E-state index is -4.18. The Morgan fingerprint density at radius 2 is 1.65 bits per heavy atom. The van der Waals surface area contributed by atoms with Crippen LogP contribution in [0, 0.1) is 13.8 Å². The lowest BCUT2D eigenvalue weighted by Gasteiger charge is -2.34. The third-order valence-corrected chi connectivity index (χ3v) is 10.2. The van der Waals surface area contributed by atoms with E-state index >= 15 is 0 Å². The molecule has 0 bridgehead atoms. The summed E-state index contributed by atoms with van der Waals surface area (Å²) in [6, 6.07) is 18.0. The van der Waals surface area contributed by atoms with E-state index in [0.29, 0.717) is 28.4 Å². The van der Waals surface area contributed by atoms with Crippen molar-refractivity contribution in [2.24, 2.45) is 0 Å². The van der Waals surface area contributed by atoms with Gasteiger partial charge in [0.05, 0.1) is 17.7 Å². The summed E-state index contributed by atoms with van der Waals surface area (Å²) in [5.41, 5.74) is 2.52. The number of hydrogen-bond donors (Lipinski definition) is 1. The molecule has 2 amide bonds. The van der Waals surface area contributed by atoms with Crippen molar-refractivity contribution in [3.63, 3.8) is 0 Å². The number of aryl methyl sites for hydroxylation is 1. The van der Waals surface area contributed by atoms with E-state index < -0.39 is 28.5 Å². The van der Waals surface area contributed by atoms with Crippen LogP contribution in [0.5, 0.6) is 5.75 Å². The van der Waals surface area contributed by atoms with Gasteiger partial charge in [-0.15, -0.1) is 0 Å². The summed E-state index contributed by atoms with van der Waals surface area (Å²) in [6.45, 7) is 5.05. The molecule has 0 aromatic heterocycles. The van der Waals surface area contributed by atoms with Crippen molar-refractivity contribution >= 4 is 39.1 Å². The van der Waals surface area contributed by atoms with Gasteiger partial charge in [-0.1, -0.05) is 67.3 Å². The van der Waals surface area contributed by atoms with Crippen LogP contribution >= 0.6 is 11.6 Å². The third-order valence-electron chi connectivity index (χ3n) is 8.00. The molecule has 43 heavy (non-hydrogen) atoms. The number of nitrogens with one attached hydrogen (secondary N) is 1. The number of carbonyl (C=O) groups excluding carboxylic acids is 2. The smallest absolute Gasteiger partial charge is 0.264 e. The van der Waals surface area contributed by atoms with E-state index in [0.717, 1.165) is 41.1 Å². The SMILES string of the molecule is CC[C@H](C(=O)NC1CCCC1)N(Cc1ccc(OC)cc1)C(=O)CN(c1cccc(Cl)c1C)S(=O)(=O)c1ccc(C)cc1. The van der Waals surface area contributed by atoms with Gasteiger partial charge in [-0.3, -0.25) is 13.9 Å². The fourth-order valence-electron chi connectivity index (χ4n) is 5.43. The number of ether oxygens (including phenoxy) is 1. The molecule has 3 aromatic carbocycles. The molecule has 0 saturated heterocycles. The summed E-state index contributed by atoms with van der Waals surface area (Å²) in [5.74, 6) is -0.0677. The highest BCUT2D eigenvalue weighted by molar-refractivity contribution is 7.92. The highest BCUT2D eigenvalue weighted by Gasteiger charge is 2.35. The van der Waals surface area contributed by atoms with E-state index in [4.69, 9.17) is 16.3 Å². The summed E-state index contributed by atoms with van der Waals surface area (Å²) in [4.78, 5) is 29.4. The minimum Gasteiger partial charge on any atom is -0.497 e. The van der Waals surface area contributed by atoms with Gasteiger partial charge in [0.1, 0.15) is 18.3 Å². The number of sulfonamides is 1. The molecule has 0 radical (unpaired) electrons. The first kappa shape index (κ1) is 32.4. The van der Waals surface area contributed by atoms with E-state index in [1.165, 1.54) is 17.0 Å². The third kappa shape index (κ3) is 7.70. The molecular formula is C33H40ClN3O5S. The zero-order chi connectivity index (χ0) is 31.1. The maximum absolute atomic E-state index is 14.3. The van der Waals surface area contributed by atoms with Crippen molar-refractivity contribution in [2.75, 3.05) is 18.0 Å². The summed E-state index contributed by atoms with van der Waals surface area (Å²) in [7, 11) is -2.61. The van der Waals surface area contributed by atoms with Crippen LogP contribution in [-0.2, 0) is 26.2 Å². The topological polar surface area (TPSA) is 96.0 Å². The van der Waals surface area contributed by atoms with Crippen molar-refractivity contribution in [1.29, 1.82) is 0 Å². The highest BCUT2D eigenvalue weighted by atomic mass is 35.5. The molecule has 10 heteroatoms. The number of carbonyl (C=O) groups is 2. The molecule has 0 heterocycles. The number of amides is 2. The largest absolute Gasteiger partial charge is 0.497 e. The molecule has 1 aliphatic carbocycles. The Kier molecular flexibility index (Phi) is 10.7. The average molecular weight is 626 g/mol. The van der Waals surface area contributed by atoms with Gasteiger partial charge in [0.15, 0.2) is 0 Å². The van der Waals surface area contributed by atoms with Crippen LogP contribution in [-0.4, -0.2) is 50.9 Å². The second-order valence-corrected chi connectivity index (χ2v) is 13.3. The van der Waals surface area contributed by atoms with Crippen molar-refractivity contribution < 1.29 is 22.7 Å². The van der Waals surface area contributed by atoms with Crippen LogP contribution in [0.1, 0.15) is 55.7 Å². The number of halogens is 1. The minimum absolute atomic E-state index is 0.0537. The lowest BCUT2D eigenvalue weighted by Crippen LogP contribution is -2.53. The first-order chi connectivity index (χ1) is 20.5. The Balaban J connectivity index is 1.74. The number of rotatable bonds is 12.